The molecule has 1 aliphatic rings. The highest BCUT2D eigenvalue weighted by Gasteiger charge is 2.24. The van der Waals surface area contributed by atoms with Gasteiger partial charge in [-0.15, -0.1) is 0 Å². The molecule has 0 bridgehead atoms. The van der Waals surface area contributed by atoms with E-state index in [4.69, 9.17) is 4.74 Å². The minimum absolute atomic E-state index is 0.445. The minimum Gasteiger partial charge on any atom is -0.383 e. The van der Waals surface area contributed by atoms with Gasteiger partial charge in [-0.1, -0.05) is 6.92 Å². The summed E-state index contributed by atoms with van der Waals surface area (Å²) in [5.41, 5.74) is 0. The zero-order valence-electron chi connectivity index (χ0n) is 13.2. The van der Waals surface area contributed by atoms with Gasteiger partial charge in [-0.05, 0) is 19.0 Å². The van der Waals surface area contributed by atoms with Crippen LogP contribution in [0.25, 0.3) is 0 Å². The Kier molecular flexibility index (Phi) is 6.85. The molecule has 0 aromatic carbocycles. The predicted octanol–water partition coefficient (Wildman–Crippen LogP) is 0.613. The second-order valence-electron chi connectivity index (χ2n) is 5.39. The molecule has 1 fully saturated rings. The van der Waals surface area contributed by atoms with Crippen LogP contribution in [0.1, 0.15) is 13.3 Å². The number of hydrogen-bond donors (Lipinski definition) is 1. The summed E-state index contributed by atoms with van der Waals surface area (Å²) in [6.07, 6.45) is 4.77. The van der Waals surface area contributed by atoms with Crippen molar-refractivity contribution in [2.75, 3.05) is 57.9 Å². The average molecular weight is 293 g/mol. The van der Waals surface area contributed by atoms with Gasteiger partial charge in [0.1, 0.15) is 0 Å². The van der Waals surface area contributed by atoms with E-state index in [9.17, 15) is 0 Å². The molecule has 1 atom stereocenters. The molecule has 0 aliphatic carbocycles. The summed E-state index contributed by atoms with van der Waals surface area (Å²) in [6.45, 7) is 9.02. The number of anilines is 1. The Bertz CT molecular complexity index is 381. The zero-order chi connectivity index (χ0) is 14.9. The quantitative estimate of drug-likeness (QED) is 0.709. The van der Waals surface area contributed by atoms with Gasteiger partial charge in [-0.25, -0.2) is 9.97 Å². The van der Waals surface area contributed by atoms with E-state index in [2.05, 4.69) is 32.0 Å². The van der Waals surface area contributed by atoms with E-state index in [1.807, 2.05) is 6.07 Å². The van der Waals surface area contributed by atoms with Gasteiger partial charge in [0.05, 0.1) is 6.61 Å². The topological polar surface area (TPSA) is 53.5 Å². The molecule has 2 heterocycles. The fourth-order valence-corrected chi connectivity index (χ4v) is 2.67. The maximum absolute atomic E-state index is 5.38. The van der Waals surface area contributed by atoms with E-state index in [-0.39, 0.29) is 0 Å². The van der Waals surface area contributed by atoms with Crippen LogP contribution in [0.3, 0.4) is 0 Å². The van der Waals surface area contributed by atoms with Crippen LogP contribution in [-0.2, 0) is 4.74 Å². The van der Waals surface area contributed by atoms with Crippen LogP contribution in [0.15, 0.2) is 18.5 Å². The lowest BCUT2D eigenvalue weighted by Gasteiger charge is -2.39. The molecular formula is C15H27N5O. The Morgan fingerprint density at radius 2 is 1.95 bits per heavy atom. The lowest BCUT2D eigenvalue weighted by Crippen LogP contribution is -2.54. The average Bonchev–Trinajstić information content (AvgIpc) is 2.55. The molecule has 118 valence electrons. The van der Waals surface area contributed by atoms with Gasteiger partial charge < -0.3 is 15.0 Å². The highest BCUT2D eigenvalue weighted by Crippen LogP contribution is 2.11. The van der Waals surface area contributed by atoms with Crippen molar-refractivity contribution < 1.29 is 4.74 Å². The van der Waals surface area contributed by atoms with E-state index >= 15 is 0 Å². The third kappa shape index (κ3) is 4.91. The van der Waals surface area contributed by atoms with Gasteiger partial charge in [-0.2, -0.15) is 0 Å². The van der Waals surface area contributed by atoms with Crippen molar-refractivity contribution >= 4 is 5.95 Å². The molecule has 0 amide bonds. The first-order valence-corrected chi connectivity index (χ1v) is 7.80. The van der Waals surface area contributed by atoms with Crippen molar-refractivity contribution in [1.29, 1.82) is 0 Å². The number of hydrogen-bond acceptors (Lipinski definition) is 6. The van der Waals surface area contributed by atoms with Gasteiger partial charge in [-0.3, -0.25) is 4.90 Å². The molecule has 1 aromatic heterocycles. The fraction of sp³-hybridized carbons (Fsp3) is 0.733. The van der Waals surface area contributed by atoms with Crippen molar-refractivity contribution in [2.45, 2.75) is 19.4 Å². The van der Waals surface area contributed by atoms with Crippen molar-refractivity contribution in [3.05, 3.63) is 18.5 Å². The summed E-state index contributed by atoms with van der Waals surface area (Å²) in [5.74, 6) is 0.838. The molecule has 0 radical (unpaired) electrons. The number of nitrogens with zero attached hydrogens (tertiary/aromatic N) is 4. The lowest BCUT2D eigenvalue weighted by molar-refractivity contribution is 0.0850. The zero-order valence-corrected chi connectivity index (χ0v) is 13.2. The second-order valence-corrected chi connectivity index (χ2v) is 5.39. The number of aromatic nitrogens is 2. The Morgan fingerprint density at radius 3 is 2.57 bits per heavy atom. The van der Waals surface area contributed by atoms with Crippen molar-refractivity contribution in [3.63, 3.8) is 0 Å². The minimum atomic E-state index is 0.445. The Balaban J connectivity index is 1.82. The molecule has 0 saturated carbocycles. The monoisotopic (exact) mass is 293 g/mol. The van der Waals surface area contributed by atoms with Crippen LogP contribution in [0.4, 0.5) is 5.95 Å². The number of rotatable bonds is 8. The summed E-state index contributed by atoms with van der Waals surface area (Å²) in [6, 6.07) is 2.30. The SMILES string of the molecule is CCCNCC(COC)N1CCN(c2ncccn2)CC1. The van der Waals surface area contributed by atoms with Crippen LogP contribution in [0, 0.1) is 0 Å². The molecule has 6 nitrogen and oxygen atoms in total. The van der Waals surface area contributed by atoms with Crippen LogP contribution in [-0.4, -0.2) is 73.9 Å². The van der Waals surface area contributed by atoms with Crippen LogP contribution < -0.4 is 10.2 Å². The van der Waals surface area contributed by atoms with Gasteiger partial charge >= 0.3 is 0 Å². The van der Waals surface area contributed by atoms with Crippen molar-refractivity contribution in [1.82, 2.24) is 20.2 Å². The molecular weight excluding hydrogens is 266 g/mol. The largest absolute Gasteiger partial charge is 0.383 e. The smallest absolute Gasteiger partial charge is 0.225 e. The Morgan fingerprint density at radius 1 is 1.24 bits per heavy atom. The number of ether oxygens (including phenoxy) is 1. The first kappa shape index (κ1) is 16.1. The molecule has 2 rings (SSSR count). The number of piperazine rings is 1. The molecule has 1 saturated heterocycles. The summed E-state index contributed by atoms with van der Waals surface area (Å²) in [4.78, 5) is 13.4. The van der Waals surface area contributed by atoms with Gasteiger partial charge in [0, 0.05) is 58.3 Å². The van der Waals surface area contributed by atoms with E-state index in [0.717, 1.165) is 51.8 Å². The highest BCUT2D eigenvalue weighted by atomic mass is 16.5. The van der Waals surface area contributed by atoms with E-state index in [1.165, 1.54) is 6.42 Å². The van der Waals surface area contributed by atoms with Gasteiger partial charge in [0.25, 0.3) is 0 Å². The molecule has 21 heavy (non-hydrogen) atoms. The van der Waals surface area contributed by atoms with Crippen molar-refractivity contribution in [3.8, 4) is 0 Å². The van der Waals surface area contributed by atoms with E-state index < -0.39 is 0 Å². The summed E-state index contributed by atoms with van der Waals surface area (Å²) in [5, 5.41) is 3.50. The first-order chi connectivity index (χ1) is 10.3. The molecule has 1 unspecified atom stereocenters. The van der Waals surface area contributed by atoms with E-state index in [1.54, 1.807) is 19.5 Å². The van der Waals surface area contributed by atoms with Crippen LogP contribution in [0.5, 0.6) is 0 Å². The van der Waals surface area contributed by atoms with Gasteiger partial charge in [0.2, 0.25) is 5.95 Å². The third-order valence-electron chi connectivity index (χ3n) is 3.83. The predicted molar refractivity (Wildman–Crippen MR) is 84.6 cm³/mol. The first-order valence-electron chi connectivity index (χ1n) is 7.80. The summed E-state index contributed by atoms with van der Waals surface area (Å²) < 4.78 is 5.38. The van der Waals surface area contributed by atoms with Crippen LogP contribution >= 0.6 is 0 Å². The third-order valence-corrected chi connectivity index (χ3v) is 3.83. The maximum Gasteiger partial charge on any atom is 0.225 e. The van der Waals surface area contributed by atoms with Gasteiger partial charge in [0.15, 0.2) is 0 Å². The molecule has 6 heteroatoms. The molecule has 0 spiro atoms. The normalized spacial score (nSPS) is 17.9. The standard InChI is InChI=1S/C15H27N5O/c1-3-5-16-12-14(13-21-2)19-8-10-20(11-9-19)15-17-6-4-7-18-15/h4,6-7,14,16H,3,5,8-13H2,1-2H3. The Hall–Kier alpha value is -1.24. The van der Waals surface area contributed by atoms with E-state index in [0.29, 0.717) is 6.04 Å². The second kappa shape index (κ2) is 8.92. The number of nitrogens with one attached hydrogen (secondary N) is 1. The summed E-state index contributed by atoms with van der Waals surface area (Å²) >= 11 is 0. The maximum atomic E-state index is 5.38. The van der Waals surface area contributed by atoms with Crippen molar-refractivity contribution in [2.24, 2.45) is 0 Å². The lowest BCUT2D eigenvalue weighted by atomic mass is 10.2. The highest BCUT2D eigenvalue weighted by molar-refractivity contribution is 5.29. The molecule has 1 N–H and O–H groups in total. The summed E-state index contributed by atoms with van der Waals surface area (Å²) in [7, 11) is 1.78. The fourth-order valence-electron chi connectivity index (χ4n) is 2.67. The number of methoxy groups -OCH3 is 1. The Labute approximate surface area is 127 Å². The molecule has 1 aliphatic heterocycles. The molecule has 1 aromatic rings. The van der Waals surface area contributed by atoms with Crippen LogP contribution in [0.2, 0.25) is 0 Å².